The lowest BCUT2D eigenvalue weighted by molar-refractivity contribution is -0.384. The first-order valence-corrected chi connectivity index (χ1v) is 6.96. The van der Waals surface area contributed by atoms with E-state index in [1.165, 1.54) is 12.1 Å². The topological polar surface area (TPSA) is 70.8 Å². The van der Waals surface area contributed by atoms with E-state index < -0.39 is 4.92 Å². The molecule has 0 heterocycles. The number of hydrogen-bond acceptors (Lipinski definition) is 4. The Labute approximate surface area is 135 Å². The highest BCUT2D eigenvalue weighted by Crippen LogP contribution is 2.12. The van der Waals surface area contributed by atoms with Crippen LogP contribution in [-0.4, -0.2) is 33.7 Å². The fourth-order valence-electron chi connectivity index (χ4n) is 1.64. The molecular weight excluding hydrogens is 300 g/mol. The van der Waals surface area contributed by atoms with E-state index in [0.717, 1.165) is 5.56 Å². The molecule has 0 spiro atoms. The van der Waals surface area contributed by atoms with Gasteiger partial charge in [-0.15, -0.1) is 13.2 Å². The smallest absolute Gasteiger partial charge is 0.269 e. The second-order valence-electron chi connectivity index (χ2n) is 4.40. The molecule has 0 atom stereocenters. The van der Waals surface area contributed by atoms with Crippen LogP contribution in [0, 0.1) is 10.1 Å². The molecule has 0 aliphatic heterocycles. The Kier molecular flexibility index (Phi) is 6.91. The molecule has 0 aliphatic carbocycles. The van der Waals surface area contributed by atoms with Gasteiger partial charge in [-0.1, -0.05) is 12.2 Å². The number of hydrogen-bond donors (Lipinski definition) is 1. The molecule has 1 rings (SSSR count). The van der Waals surface area contributed by atoms with Crippen molar-refractivity contribution in [3.8, 4) is 0 Å². The lowest BCUT2D eigenvalue weighted by atomic mass is 10.1. The van der Waals surface area contributed by atoms with Crippen LogP contribution < -0.4 is 5.43 Å². The molecule has 0 radical (unpaired) electrons. The number of hydrazone groups is 1. The van der Waals surface area contributed by atoms with Crippen molar-refractivity contribution in [3.05, 3.63) is 65.3 Å². The third-order valence-electron chi connectivity index (χ3n) is 2.80. The largest absolute Gasteiger partial charge is 0.340 e. The number of rotatable bonds is 7. The molecule has 22 heavy (non-hydrogen) atoms. The van der Waals surface area contributed by atoms with E-state index in [1.807, 2.05) is 4.90 Å². The predicted molar refractivity (Wildman–Crippen MR) is 93.0 cm³/mol. The highest BCUT2D eigenvalue weighted by atomic mass is 32.1. The lowest BCUT2D eigenvalue weighted by Gasteiger charge is -2.21. The summed E-state index contributed by atoms with van der Waals surface area (Å²) in [7, 11) is 0. The Bertz CT molecular complexity index is 586. The normalized spacial score (nSPS) is 10.7. The van der Waals surface area contributed by atoms with Gasteiger partial charge in [0, 0.05) is 25.2 Å². The minimum absolute atomic E-state index is 0.0446. The summed E-state index contributed by atoms with van der Waals surface area (Å²) in [4.78, 5) is 12.0. The molecule has 1 N–H and O–H groups in total. The number of thiocarbonyl (C=S) groups is 1. The van der Waals surface area contributed by atoms with Gasteiger partial charge >= 0.3 is 0 Å². The van der Waals surface area contributed by atoms with E-state index in [2.05, 4.69) is 23.7 Å². The second kappa shape index (κ2) is 8.68. The van der Waals surface area contributed by atoms with Crippen molar-refractivity contribution >= 4 is 28.7 Å². The molecule has 0 fully saturated rings. The summed E-state index contributed by atoms with van der Waals surface area (Å²) in [5, 5.41) is 15.3. The molecule has 6 nitrogen and oxygen atoms in total. The number of non-ortho nitro benzene ring substituents is 1. The molecule has 1 aromatic rings. The van der Waals surface area contributed by atoms with Crippen LogP contribution in [0.4, 0.5) is 5.69 Å². The minimum atomic E-state index is -0.438. The van der Waals surface area contributed by atoms with Crippen LogP contribution in [0.25, 0.3) is 0 Å². The van der Waals surface area contributed by atoms with Gasteiger partial charge in [-0.25, -0.2) is 0 Å². The van der Waals surface area contributed by atoms with E-state index in [9.17, 15) is 10.1 Å². The number of benzene rings is 1. The number of nitro benzene ring substituents is 1. The number of nitrogens with one attached hydrogen (secondary N) is 1. The van der Waals surface area contributed by atoms with Gasteiger partial charge in [0.15, 0.2) is 5.11 Å². The van der Waals surface area contributed by atoms with Gasteiger partial charge in [0.1, 0.15) is 0 Å². The predicted octanol–water partition coefficient (Wildman–Crippen LogP) is 2.87. The maximum atomic E-state index is 10.6. The van der Waals surface area contributed by atoms with E-state index >= 15 is 0 Å². The zero-order valence-electron chi connectivity index (χ0n) is 12.4. The molecule has 116 valence electrons. The van der Waals surface area contributed by atoms with Gasteiger partial charge in [-0.2, -0.15) is 5.10 Å². The van der Waals surface area contributed by atoms with Crippen molar-refractivity contribution in [1.29, 1.82) is 0 Å². The number of nitrogens with zero attached hydrogens (tertiary/aromatic N) is 3. The van der Waals surface area contributed by atoms with Gasteiger partial charge in [-0.3, -0.25) is 15.5 Å². The van der Waals surface area contributed by atoms with Crippen molar-refractivity contribution in [3.63, 3.8) is 0 Å². The van der Waals surface area contributed by atoms with Crippen molar-refractivity contribution in [1.82, 2.24) is 10.3 Å². The summed E-state index contributed by atoms with van der Waals surface area (Å²) in [5.74, 6) is 0. The highest BCUT2D eigenvalue weighted by molar-refractivity contribution is 7.80. The highest BCUT2D eigenvalue weighted by Gasteiger charge is 2.07. The summed E-state index contributed by atoms with van der Waals surface area (Å²) < 4.78 is 0. The van der Waals surface area contributed by atoms with E-state index in [0.29, 0.717) is 23.9 Å². The molecule has 0 unspecified atom stereocenters. The molecular formula is C15H18N4O2S. The zero-order chi connectivity index (χ0) is 16.5. The third kappa shape index (κ3) is 5.10. The van der Waals surface area contributed by atoms with Gasteiger partial charge < -0.3 is 4.90 Å². The Hall–Kier alpha value is -2.54. The standard InChI is InChI=1S/C15H18N4O2S/c1-4-10-18(11-5-2)15(22)17-16-12(3)13-6-8-14(9-7-13)19(20)21/h4-9H,1-2,10-11H2,3H3,(H,17,22)/b16-12-. The first kappa shape index (κ1) is 17.5. The Balaban J connectivity index is 2.75. The van der Waals surface area contributed by atoms with Crippen molar-refractivity contribution < 1.29 is 4.92 Å². The van der Waals surface area contributed by atoms with Crippen LogP contribution >= 0.6 is 12.2 Å². The first-order valence-electron chi connectivity index (χ1n) is 6.55. The lowest BCUT2D eigenvalue weighted by Crippen LogP contribution is -2.38. The van der Waals surface area contributed by atoms with Gasteiger partial charge in [0.25, 0.3) is 5.69 Å². The van der Waals surface area contributed by atoms with Gasteiger partial charge in [-0.05, 0) is 36.8 Å². The quantitative estimate of drug-likeness (QED) is 0.275. The van der Waals surface area contributed by atoms with Crippen LogP contribution in [0.15, 0.2) is 54.7 Å². The third-order valence-corrected chi connectivity index (χ3v) is 3.15. The number of nitro groups is 1. The monoisotopic (exact) mass is 318 g/mol. The van der Waals surface area contributed by atoms with Crippen LogP contribution in [0.5, 0.6) is 0 Å². The van der Waals surface area contributed by atoms with Gasteiger partial charge in [0.2, 0.25) is 0 Å². The molecule has 0 saturated carbocycles. The molecule has 0 aromatic heterocycles. The summed E-state index contributed by atoms with van der Waals surface area (Å²) in [6.45, 7) is 10.3. The Morgan fingerprint density at radius 1 is 1.36 bits per heavy atom. The zero-order valence-corrected chi connectivity index (χ0v) is 13.2. The van der Waals surface area contributed by atoms with Crippen LogP contribution in [0.1, 0.15) is 12.5 Å². The van der Waals surface area contributed by atoms with Crippen LogP contribution in [-0.2, 0) is 0 Å². The van der Waals surface area contributed by atoms with Crippen LogP contribution in [0.2, 0.25) is 0 Å². The van der Waals surface area contributed by atoms with E-state index in [4.69, 9.17) is 12.2 Å². The van der Waals surface area contributed by atoms with Gasteiger partial charge in [0.05, 0.1) is 10.6 Å². The molecule has 0 amide bonds. The Morgan fingerprint density at radius 2 is 1.91 bits per heavy atom. The second-order valence-corrected chi connectivity index (χ2v) is 4.79. The van der Waals surface area contributed by atoms with Crippen molar-refractivity contribution in [2.45, 2.75) is 6.92 Å². The molecule has 0 aliphatic rings. The summed E-state index contributed by atoms with van der Waals surface area (Å²) >= 11 is 5.25. The summed E-state index contributed by atoms with van der Waals surface area (Å²) in [6, 6.07) is 6.17. The van der Waals surface area contributed by atoms with Crippen molar-refractivity contribution in [2.24, 2.45) is 5.10 Å². The maximum absolute atomic E-state index is 10.6. The molecule has 0 saturated heterocycles. The molecule has 7 heteroatoms. The average Bonchev–Trinajstić information content (AvgIpc) is 2.52. The average molecular weight is 318 g/mol. The molecule has 0 bridgehead atoms. The van der Waals surface area contributed by atoms with E-state index in [1.54, 1.807) is 31.2 Å². The maximum Gasteiger partial charge on any atom is 0.269 e. The van der Waals surface area contributed by atoms with Crippen LogP contribution in [0.3, 0.4) is 0 Å². The molecule has 1 aromatic carbocycles. The van der Waals surface area contributed by atoms with E-state index in [-0.39, 0.29) is 5.69 Å². The summed E-state index contributed by atoms with van der Waals surface area (Å²) in [6.07, 6.45) is 3.48. The fraction of sp³-hybridized carbons (Fsp3) is 0.200. The first-order chi connectivity index (χ1) is 10.5. The SMILES string of the molecule is C=CCN(CC=C)C(=S)N/N=C(/C)c1ccc([N+](=O)[O-])cc1. The minimum Gasteiger partial charge on any atom is -0.340 e. The Morgan fingerprint density at radius 3 is 2.36 bits per heavy atom. The fourth-order valence-corrected chi connectivity index (χ4v) is 1.84. The van der Waals surface area contributed by atoms with Crippen molar-refractivity contribution in [2.75, 3.05) is 13.1 Å². The summed E-state index contributed by atoms with van der Waals surface area (Å²) in [5.41, 5.74) is 4.30.